The second-order valence-electron chi connectivity index (χ2n) is 4.08. The van der Waals surface area contributed by atoms with Crippen molar-refractivity contribution in [2.75, 3.05) is 13.7 Å². The molecule has 1 aliphatic heterocycles. The number of rotatable bonds is 3. The van der Waals surface area contributed by atoms with Gasteiger partial charge in [-0.1, -0.05) is 36.4 Å². The van der Waals surface area contributed by atoms with E-state index in [2.05, 4.69) is 4.74 Å². The van der Waals surface area contributed by atoms with E-state index in [9.17, 15) is 9.59 Å². The number of hydroxylamine groups is 2. The van der Waals surface area contributed by atoms with Gasteiger partial charge in [-0.3, -0.25) is 0 Å². The number of carbonyl (C=O) groups is 2. The highest BCUT2D eigenvalue weighted by Gasteiger charge is 2.27. The van der Waals surface area contributed by atoms with Crippen molar-refractivity contribution < 1.29 is 23.9 Å². The van der Waals surface area contributed by atoms with Crippen LogP contribution in [-0.4, -0.2) is 36.9 Å². The molecule has 0 aliphatic carbocycles. The van der Waals surface area contributed by atoms with Crippen molar-refractivity contribution >= 4 is 12.1 Å². The number of esters is 1. The van der Waals surface area contributed by atoms with Crippen molar-refractivity contribution in [3.05, 3.63) is 48.0 Å². The summed E-state index contributed by atoms with van der Waals surface area (Å²) in [5, 5.41) is 0.991. The van der Waals surface area contributed by atoms with Gasteiger partial charge in [0.2, 0.25) is 6.10 Å². The van der Waals surface area contributed by atoms with Crippen LogP contribution in [0, 0.1) is 0 Å². The minimum atomic E-state index is -0.918. The number of hydrogen-bond donors (Lipinski definition) is 0. The number of carbonyl (C=O) groups excluding carboxylic acids is 2. The molecule has 0 radical (unpaired) electrons. The fraction of sp³-hybridized carbons (Fsp3) is 0.286. The molecule has 6 heteroatoms. The summed E-state index contributed by atoms with van der Waals surface area (Å²) >= 11 is 0. The predicted molar refractivity (Wildman–Crippen MR) is 69.4 cm³/mol. The Morgan fingerprint density at radius 3 is 2.80 bits per heavy atom. The Labute approximate surface area is 116 Å². The lowest BCUT2D eigenvalue weighted by Gasteiger charge is -2.26. The van der Waals surface area contributed by atoms with Crippen LogP contribution >= 0.6 is 0 Å². The molecular weight excluding hydrogens is 262 g/mol. The van der Waals surface area contributed by atoms with Crippen molar-refractivity contribution in [3.63, 3.8) is 0 Å². The van der Waals surface area contributed by atoms with Crippen LogP contribution in [0.25, 0.3) is 0 Å². The van der Waals surface area contributed by atoms with Gasteiger partial charge in [0.15, 0.2) is 0 Å². The fourth-order valence-electron chi connectivity index (χ4n) is 1.64. The third kappa shape index (κ3) is 3.58. The molecule has 0 saturated carbocycles. The van der Waals surface area contributed by atoms with E-state index in [1.165, 1.54) is 13.2 Å². The highest BCUT2D eigenvalue weighted by atomic mass is 16.7. The number of ether oxygens (including phenoxy) is 2. The van der Waals surface area contributed by atoms with E-state index in [-0.39, 0.29) is 13.2 Å². The van der Waals surface area contributed by atoms with E-state index in [0.29, 0.717) is 0 Å². The Morgan fingerprint density at radius 1 is 1.35 bits per heavy atom. The fourth-order valence-corrected chi connectivity index (χ4v) is 1.64. The van der Waals surface area contributed by atoms with Gasteiger partial charge in [-0.05, 0) is 11.6 Å². The van der Waals surface area contributed by atoms with Gasteiger partial charge >= 0.3 is 12.1 Å². The molecule has 2 rings (SSSR count). The minimum absolute atomic E-state index is 0.145. The number of methoxy groups -OCH3 is 1. The molecule has 0 aromatic heterocycles. The average molecular weight is 277 g/mol. The molecule has 6 nitrogen and oxygen atoms in total. The lowest BCUT2D eigenvalue weighted by Crippen LogP contribution is -2.41. The summed E-state index contributed by atoms with van der Waals surface area (Å²) in [6.45, 7) is 0.368. The Morgan fingerprint density at radius 2 is 2.10 bits per heavy atom. The van der Waals surface area contributed by atoms with Gasteiger partial charge in [0.25, 0.3) is 0 Å². The monoisotopic (exact) mass is 277 g/mol. The first-order valence-corrected chi connectivity index (χ1v) is 6.10. The molecule has 0 spiro atoms. The minimum Gasteiger partial charge on any atom is -0.467 e. The Bertz CT molecular complexity index is 500. The summed E-state index contributed by atoms with van der Waals surface area (Å²) in [4.78, 5) is 28.3. The van der Waals surface area contributed by atoms with Crippen LogP contribution in [0.5, 0.6) is 0 Å². The van der Waals surface area contributed by atoms with E-state index >= 15 is 0 Å². The summed E-state index contributed by atoms with van der Waals surface area (Å²) in [5.41, 5.74) is 0.873. The zero-order valence-corrected chi connectivity index (χ0v) is 11.0. The average Bonchev–Trinajstić information content (AvgIpc) is 2.53. The molecule has 1 aromatic carbocycles. The summed E-state index contributed by atoms with van der Waals surface area (Å²) in [6, 6.07) is 9.29. The zero-order valence-electron chi connectivity index (χ0n) is 11.0. The van der Waals surface area contributed by atoms with E-state index in [4.69, 9.17) is 9.57 Å². The third-order valence-electron chi connectivity index (χ3n) is 2.67. The molecule has 106 valence electrons. The van der Waals surface area contributed by atoms with Crippen molar-refractivity contribution in [1.82, 2.24) is 5.06 Å². The topological polar surface area (TPSA) is 65.1 Å². The third-order valence-corrected chi connectivity index (χ3v) is 2.67. The Kier molecular flexibility index (Phi) is 4.73. The standard InChI is InChI=1S/C14H15NO5/c1-18-13(16)12-8-5-9-15(20-12)14(17)19-10-11-6-3-2-4-7-11/h2-8,12H,9-10H2,1H3/t12-/m0/s1. The SMILES string of the molecule is COC(=O)[C@@H]1C=CCN(C(=O)OCc2ccccc2)O1. The van der Waals surface area contributed by atoms with E-state index < -0.39 is 18.2 Å². The molecule has 0 fully saturated rings. The molecule has 20 heavy (non-hydrogen) atoms. The molecule has 1 aliphatic rings. The normalized spacial score (nSPS) is 17.6. The number of nitrogens with zero attached hydrogens (tertiary/aromatic N) is 1. The first kappa shape index (κ1) is 14.1. The van der Waals surface area contributed by atoms with Crippen LogP contribution in [0.1, 0.15) is 5.56 Å². The summed E-state index contributed by atoms with van der Waals surface area (Å²) in [7, 11) is 1.26. The molecule has 1 amide bonds. The van der Waals surface area contributed by atoms with Crippen molar-refractivity contribution in [3.8, 4) is 0 Å². The lowest BCUT2D eigenvalue weighted by molar-refractivity contribution is -0.188. The van der Waals surface area contributed by atoms with Crippen LogP contribution in [0.15, 0.2) is 42.5 Å². The van der Waals surface area contributed by atoms with E-state index in [1.54, 1.807) is 6.08 Å². The number of benzene rings is 1. The van der Waals surface area contributed by atoms with Crippen LogP contribution in [-0.2, 0) is 25.7 Å². The summed E-state index contributed by atoms with van der Waals surface area (Å²) in [6.07, 6.45) is 1.62. The molecule has 1 atom stereocenters. The highest BCUT2D eigenvalue weighted by molar-refractivity contribution is 5.77. The van der Waals surface area contributed by atoms with Crippen LogP contribution in [0.4, 0.5) is 4.79 Å². The Hall–Kier alpha value is -2.34. The molecule has 0 bridgehead atoms. The summed E-state index contributed by atoms with van der Waals surface area (Å²) in [5.74, 6) is -0.568. The first-order chi connectivity index (χ1) is 9.70. The maximum atomic E-state index is 11.8. The molecular formula is C14H15NO5. The van der Waals surface area contributed by atoms with Crippen molar-refractivity contribution in [2.24, 2.45) is 0 Å². The molecule has 0 saturated heterocycles. The largest absolute Gasteiger partial charge is 0.467 e. The van der Waals surface area contributed by atoms with Gasteiger partial charge in [-0.15, -0.1) is 0 Å². The van der Waals surface area contributed by atoms with Gasteiger partial charge in [0.05, 0.1) is 13.7 Å². The van der Waals surface area contributed by atoms with E-state index in [0.717, 1.165) is 10.6 Å². The maximum Gasteiger partial charge on any atom is 0.434 e. The van der Waals surface area contributed by atoms with Crippen molar-refractivity contribution in [1.29, 1.82) is 0 Å². The van der Waals surface area contributed by atoms with Crippen molar-refractivity contribution in [2.45, 2.75) is 12.7 Å². The van der Waals surface area contributed by atoms with Gasteiger partial charge in [0, 0.05) is 0 Å². The highest BCUT2D eigenvalue weighted by Crippen LogP contribution is 2.11. The van der Waals surface area contributed by atoms with Gasteiger partial charge in [0.1, 0.15) is 6.61 Å². The number of amides is 1. The molecule has 0 N–H and O–H groups in total. The first-order valence-electron chi connectivity index (χ1n) is 6.10. The van der Waals surface area contributed by atoms with Gasteiger partial charge in [-0.2, -0.15) is 5.06 Å². The Balaban J connectivity index is 1.87. The van der Waals surface area contributed by atoms with Crippen LogP contribution < -0.4 is 0 Å². The molecule has 0 unspecified atom stereocenters. The quantitative estimate of drug-likeness (QED) is 0.621. The second kappa shape index (κ2) is 6.72. The molecule has 1 aromatic rings. The van der Waals surface area contributed by atoms with Crippen LogP contribution in [0.2, 0.25) is 0 Å². The van der Waals surface area contributed by atoms with E-state index in [1.807, 2.05) is 30.3 Å². The second-order valence-corrected chi connectivity index (χ2v) is 4.08. The van der Waals surface area contributed by atoms with Gasteiger partial charge < -0.3 is 9.47 Å². The van der Waals surface area contributed by atoms with Gasteiger partial charge in [-0.25, -0.2) is 14.4 Å². The lowest BCUT2D eigenvalue weighted by atomic mass is 10.2. The zero-order chi connectivity index (χ0) is 14.4. The predicted octanol–water partition coefficient (Wildman–Crippen LogP) is 1.67. The smallest absolute Gasteiger partial charge is 0.434 e. The maximum absolute atomic E-state index is 11.8. The summed E-state index contributed by atoms with van der Waals surface area (Å²) < 4.78 is 9.66. The molecule has 1 heterocycles. The number of hydrogen-bond acceptors (Lipinski definition) is 5. The van der Waals surface area contributed by atoms with Crippen LogP contribution in [0.3, 0.4) is 0 Å².